The first-order valence-electron chi connectivity index (χ1n) is 14.5. The van der Waals surface area contributed by atoms with Crippen LogP contribution in [0.3, 0.4) is 0 Å². The number of phenols is 1. The van der Waals surface area contributed by atoms with Crippen molar-refractivity contribution in [2.75, 3.05) is 51.5 Å². The highest BCUT2D eigenvalue weighted by molar-refractivity contribution is 6.24. The lowest BCUT2D eigenvalue weighted by atomic mass is 9.57. The third kappa shape index (κ3) is 5.02. The molecule has 3 aliphatic rings. The maximum absolute atomic E-state index is 14.1. The molecule has 2 amide bonds. The van der Waals surface area contributed by atoms with Crippen molar-refractivity contribution in [2.45, 2.75) is 57.7 Å². The molecule has 13 heteroatoms. The van der Waals surface area contributed by atoms with Gasteiger partial charge in [-0.15, -0.1) is 0 Å². The van der Waals surface area contributed by atoms with E-state index in [2.05, 4.69) is 5.32 Å². The molecule has 44 heavy (non-hydrogen) atoms. The summed E-state index contributed by atoms with van der Waals surface area (Å²) in [5, 5.41) is 48.6. The number of aliphatic hydroxyl groups is 3. The van der Waals surface area contributed by atoms with E-state index in [9.17, 15) is 39.6 Å². The van der Waals surface area contributed by atoms with Gasteiger partial charge in [0.15, 0.2) is 11.4 Å². The zero-order valence-corrected chi connectivity index (χ0v) is 26.5. The number of hydrogen-bond donors (Lipinski definition) is 6. The van der Waals surface area contributed by atoms with Gasteiger partial charge in [0.2, 0.25) is 11.7 Å². The fraction of sp³-hybridized carbons (Fsp3) is 0.548. The summed E-state index contributed by atoms with van der Waals surface area (Å²) >= 11 is 0. The van der Waals surface area contributed by atoms with Gasteiger partial charge in [0.25, 0.3) is 5.91 Å². The lowest BCUT2D eigenvalue weighted by molar-refractivity contribution is -0.153. The Kier molecular flexibility index (Phi) is 8.39. The Hall–Kier alpha value is -3.94. The Bertz CT molecular complexity index is 1500. The Morgan fingerprint density at radius 3 is 2.23 bits per heavy atom. The number of benzene rings is 1. The zero-order valence-electron chi connectivity index (χ0n) is 26.5. The van der Waals surface area contributed by atoms with Gasteiger partial charge in [-0.1, -0.05) is 6.92 Å². The van der Waals surface area contributed by atoms with Crippen LogP contribution in [-0.4, -0.2) is 112 Å². The third-order valence-electron chi connectivity index (χ3n) is 9.12. The lowest BCUT2D eigenvalue weighted by Gasteiger charge is -2.50. The predicted molar refractivity (Wildman–Crippen MR) is 164 cm³/mol. The minimum absolute atomic E-state index is 0.0163. The standard InChI is InChI=1S/C31H43N5O8/c1-9-36(30(2,3)4)13-19(37)33-17-12-18(34(5)6)15-10-14-11-16-23(35(7)8)26(40)22(29(32)43)28(42)31(16,44)27(41)20(14)25(39)21(15)24(17)38/h12,14,16,23,38-39,42,44H,9-11,13H2,1-8H3,(H2,32,43)(H,33,37). The summed E-state index contributed by atoms with van der Waals surface area (Å²) in [6.45, 7) is 8.51. The number of nitrogens with two attached hydrogens (primary N) is 1. The predicted octanol–water partition coefficient (Wildman–Crippen LogP) is 1.09. The summed E-state index contributed by atoms with van der Waals surface area (Å²) in [4.78, 5) is 57.8. The van der Waals surface area contributed by atoms with Gasteiger partial charge in [0.1, 0.15) is 22.8 Å². The number of amides is 2. The highest BCUT2D eigenvalue weighted by atomic mass is 16.3. The first kappa shape index (κ1) is 33.0. The first-order valence-corrected chi connectivity index (χ1v) is 14.5. The number of carbonyl (C=O) groups is 4. The number of likely N-dealkylation sites (N-methyl/N-ethyl adjacent to an activating group) is 2. The van der Waals surface area contributed by atoms with Crippen molar-refractivity contribution in [2.24, 2.45) is 17.6 Å². The maximum Gasteiger partial charge on any atom is 0.255 e. The lowest BCUT2D eigenvalue weighted by Crippen LogP contribution is -2.65. The van der Waals surface area contributed by atoms with Crippen molar-refractivity contribution in [1.29, 1.82) is 0 Å². The van der Waals surface area contributed by atoms with Crippen LogP contribution in [0.25, 0.3) is 5.76 Å². The van der Waals surface area contributed by atoms with Crippen molar-refractivity contribution in [3.63, 3.8) is 0 Å². The third-order valence-corrected chi connectivity index (χ3v) is 9.12. The number of primary amides is 1. The molecule has 240 valence electrons. The molecule has 0 heterocycles. The molecule has 0 spiro atoms. The second-order valence-corrected chi connectivity index (χ2v) is 13.2. The molecule has 0 bridgehead atoms. The molecule has 4 atom stereocenters. The molecule has 1 saturated carbocycles. The van der Waals surface area contributed by atoms with Crippen LogP contribution < -0.4 is 16.0 Å². The summed E-state index contributed by atoms with van der Waals surface area (Å²) < 4.78 is 0. The Labute approximate surface area is 256 Å². The largest absolute Gasteiger partial charge is 0.508 e. The van der Waals surface area contributed by atoms with Crippen LogP contribution in [0.2, 0.25) is 0 Å². The fourth-order valence-electron chi connectivity index (χ4n) is 6.97. The molecule has 3 aliphatic carbocycles. The highest BCUT2D eigenvalue weighted by Crippen LogP contribution is 2.54. The number of Topliss-reactive ketones (excluding diaryl/α,β-unsaturated/α-hetero) is 2. The zero-order chi connectivity index (χ0) is 33.2. The number of fused-ring (bicyclic) bond motifs is 3. The van der Waals surface area contributed by atoms with Crippen LogP contribution in [0.1, 0.15) is 45.2 Å². The number of carbonyl (C=O) groups excluding carboxylic acids is 4. The second-order valence-electron chi connectivity index (χ2n) is 13.2. The van der Waals surface area contributed by atoms with Crippen LogP contribution >= 0.6 is 0 Å². The maximum atomic E-state index is 14.1. The minimum atomic E-state index is -2.73. The van der Waals surface area contributed by atoms with Crippen LogP contribution in [0.15, 0.2) is 23.0 Å². The Balaban J connectivity index is 1.88. The van der Waals surface area contributed by atoms with Gasteiger partial charge < -0.3 is 36.4 Å². The SMILES string of the molecule is CCN(CC(=O)Nc1cc(N(C)C)c2c(c1O)C(O)=C1C(=O)C3(O)C(O)=C(C(N)=O)C(=O)C(N(C)C)C3CC1C2)C(C)(C)C. The average molecular weight is 614 g/mol. The van der Waals surface area contributed by atoms with E-state index in [0.29, 0.717) is 17.8 Å². The number of nitrogens with zero attached hydrogens (tertiary/aromatic N) is 3. The van der Waals surface area contributed by atoms with Gasteiger partial charge in [0.05, 0.1) is 23.8 Å². The molecule has 4 unspecified atom stereocenters. The van der Waals surface area contributed by atoms with Crippen LogP contribution in [0.4, 0.5) is 11.4 Å². The van der Waals surface area contributed by atoms with Crippen molar-refractivity contribution in [3.8, 4) is 5.75 Å². The van der Waals surface area contributed by atoms with E-state index in [1.165, 1.54) is 4.90 Å². The highest BCUT2D eigenvalue weighted by Gasteiger charge is 2.64. The fourth-order valence-corrected chi connectivity index (χ4v) is 6.97. The molecule has 0 aliphatic heterocycles. The van der Waals surface area contributed by atoms with E-state index in [0.717, 1.165) is 0 Å². The number of hydrogen-bond acceptors (Lipinski definition) is 11. The number of aromatic hydroxyl groups is 1. The van der Waals surface area contributed by atoms with Crippen molar-refractivity contribution in [3.05, 3.63) is 34.1 Å². The number of nitrogens with one attached hydrogen (secondary N) is 1. The van der Waals surface area contributed by atoms with Crippen LogP contribution in [0, 0.1) is 11.8 Å². The molecule has 0 aromatic heterocycles. The first-order chi connectivity index (χ1) is 20.3. The molecule has 0 radical (unpaired) electrons. The monoisotopic (exact) mass is 613 g/mol. The van der Waals surface area contributed by atoms with Gasteiger partial charge >= 0.3 is 0 Å². The molecule has 1 aromatic rings. The minimum Gasteiger partial charge on any atom is -0.508 e. The van der Waals surface area contributed by atoms with Gasteiger partial charge in [0, 0.05) is 36.8 Å². The van der Waals surface area contributed by atoms with Gasteiger partial charge in [-0.25, -0.2) is 0 Å². The number of aliphatic hydroxyl groups excluding tert-OH is 2. The summed E-state index contributed by atoms with van der Waals surface area (Å²) in [6.07, 6.45) is 0.120. The molecule has 7 N–H and O–H groups in total. The molecule has 1 fully saturated rings. The Morgan fingerprint density at radius 2 is 1.73 bits per heavy atom. The quantitative estimate of drug-likeness (QED) is 0.190. The van der Waals surface area contributed by atoms with E-state index in [1.54, 1.807) is 39.2 Å². The number of phenolic OH excluding ortho intramolecular Hbond substituents is 1. The molecule has 13 nitrogen and oxygen atoms in total. The van der Waals surface area contributed by atoms with Crippen molar-refractivity contribution < 1.29 is 39.6 Å². The summed E-state index contributed by atoms with van der Waals surface area (Å²) in [5.41, 5.74) is 2.23. The number of rotatable bonds is 7. The summed E-state index contributed by atoms with van der Waals surface area (Å²) in [6, 6.07) is 0.432. The van der Waals surface area contributed by atoms with E-state index in [4.69, 9.17) is 5.73 Å². The smallest absolute Gasteiger partial charge is 0.255 e. The topological polar surface area (TPSA) is 197 Å². The van der Waals surface area contributed by atoms with Gasteiger partial charge in [-0.2, -0.15) is 0 Å². The van der Waals surface area contributed by atoms with E-state index < -0.39 is 69.7 Å². The van der Waals surface area contributed by atoms with E-state index in [-0.39, 0.29) is 41.7 Å². The normalized spacial score (nSPS) is 25.2. The number of anilines is 2. The number of ketones is 2. The average Bonchev–Trinajstić information content (AvgIpc) is 2.89. The van der Waals surface area contributed by atoms with Crippen molar-refractivity contribution in [1.82, 2.24) is 9.80 Å². The molecule has 0 saturated heterocycles. The summed E-state index contributed by atoms with van der Waals surface area (Å²) in [7, 11) is 6.61. The summed E-state index contributed by atoms with van der Waals surface area (Å²) in [5.74, 6) is -7.71. The molecule has 4 rings (SSSR count). The van der Waals surface area contributed by atoms with E-state index in [1.807, 2.05) is 32.6 Å². The molecular weight excluding hydrogens is 570 g/mol. The van der Waals surface area contributed by atoms with Gasteiger partial charge in [-0.05, 0) is 71.8 Å². The van der Waals surface area contributed by atoms with Gasteiger partial charge in [-0.3, -0.25) is 29.0 Å². The Morgan fingerprint density at radius 1 is 1.11 bits per heavy atom. The van der Waals surface area contributed by atoms with Crippen molar-refractivity contribution >= 4 is 40.5 Å². The molecular formula is C31H43N5O8. The van der Waals surface area contributed by atoms with E-state index >= 15 is 0 Å². The molecule has 1 aromatic carbocycles. The van der Waals surface area contributed by atoms with Crippen LogP contribution in [0.5, 0.6) is 5.75 Å². The van der Waals surface area contributed by atoms with Crippen LogP contribution in [-0.2, 0) is 25.6 Å². The second kappa shape index (κ2) is 11.2.